The predicted octanol–water partition coefficient (Wildman–Crippen LogP) is 2.82. The van der Waals surface area contributed by atoms with Crippen molar-refractivity contribution in [2.24, 2.45) is 4.99 Å². The van der Waals surface area contributed by atoms with Gasteiger partial charge in [0.2, 0.25) is 0 Å². The number of rotatable bonds is 8. The van der Waals surface area contributed by atoms with Gasteiger partial charge in [0.05, 0.1) is 46.6 Å². The smallest absolute Gasteiger partial charge is 0.338 e. The van der Waals surface area contributed by atoms with Gasteiger partial charge in [0, 0.05) is 48.6 Å². The van der Waals surface area contributed by atoms with Crippen molar-refractivity contribution in [3.05, 3.63) is 99.7 Å². The molecule has 0 aliphatic carbocycles. The molecule has 13 heteroatoms. The number of ether oxygens (including phenoxy) is 3. The van der Waals surface area contributed by atoms with Crippen molar-refractivity contribution in [1.29, 1.82) is 0 Å². The summed E-state index contributed by atoms with van der Waals surface area (Å²) in [6.07, 6.45) is 1.65. The van der Waals surface area contributed by atoms with E-state index in [0.717, 1.165) is 17.0 Å². The third-order valence-corrected chi connectivity index (χ3v) is 8.04. The zero-order valence-corrected chi connectivity index (χ0v) is 23.9. The van der Waals surface area contributed by atoms with Gasteiger partial charge in [0.15, 0.2) is 4.80 Å². The molecule has 0 saturated carbocycles. The summed E-state index contributed by atoms with van der Waals surface area (Å²) < 4.78 is 17.7. The van der Waals surface area contributed by atoms with E-state index in [9.17, 15) is 19.7 Å². The van der Waals surface area contributed by atoms with E-state index in [4.69, 9.17) is 25.8 Å². The van der Waals surface area contributed by atoms with E-state index in [1.807, 2.05) is 0 Å². The first-order valence-corrected chi connectivity index (χ1v) is 14.0. The SMILES string of the molecule is COCCOC(=O)C1=C(C)N=c2sc(=Cc3cc([N+](=O)[O-])ccc3N3CCOCC3)c(=O)n2C1c1ccc(Cl)cc1. The minimum atomic E-state index is -0.815. The zero-order valence-electron chi connectivity index (χ0n) is 22.4. The normalized spacial score (nSPS) is 17.3. The number of thiazole rings is 1. The molecule has 2 aliphatic heterocycles. The average molecular weight is 599 g/mol. The molecular weight excluding hydrogens is 572 g/mol. The molecule has 1 aromatic heterocycles. The lowest BCUT2D eigenvalue weighted by molar-refractivity contribution is -0.384. The number of anilines is 1. The Morgan fingerprint density at radius 1 is 1.22 bits per heavy atom. The van der Waals surface area contributed by atoms with Gasteiger partial charge < -0.3 is 19.1 Å². The molecule has 41 heavy (non-hydrogen) atoms. The minimum Gasteiger partial charge on any atom is -0.460 e. The molecule has 3 heterocycles. The highest BCUT2D eigenvalue weighted by Crippen LogP contribution is 2.32. The van der Waals surface area contributed by atoms with Crippen molar-refractivity contribution in [3.8, 4) is 0 Å². The summed E-state index contributed by atoms with van der Waals surface area (Å²) >= 11 is 7.28. The Kier molecular flexibility index (Phi) is 8.64. The molecule has 0 amide bonds. The zero-order chi connectivity index (χ0) is 29.1. The number of benzene rings is 2. The quantitative estimate of drug-likeness (QED) is 0.168. The molecule has 1 fully saturated rings. The van der Waals surface area contributed by atoms with Gasteiger partial charge >= 0.3 is 5.97 Å². The first kappa shape index (κ1) is 28.7. The maximum absolute atomic E-state index is 14.0. The summed E-state index contributed by atoms with van der Waals surface area (Å²) in [6.45, 7) is 4.25. The Balaban J connectivity index is 1.67. The monoisotopic (exact) mass is 598 g/mol. The number of esters is 1. The van der Waals surface area contributed by atoms with Crippen molar-refractivity contribution in [2.75, 3.05) is 51.5 Å². The number of allylic oxidation sites excluding steroid dienone is 1. The number of hydrogen-bond donors (Lipinski definition) is 0. The van der Waals surface area contributed by atoms with Gasteiger partial charge in [-0.05, 0) is 36.8 Å². The number of hydrogen-bond acceptors (Lipinski definition) is 10. The molecule has 214 valence electrons. The van der Waals surface area contributed by atoms with Crippen LogP contribution >= 0.6 is 22.9 Å². The highest BCUT2D eigenvalue weighted by Gasteiger charge is 2.33. The Morgan fingerprint density at radius 3 is 2.63 bits per heavy atom. The first-order valence-electron chi connectivity index (χ1n) is 12.8. The van der Waals surface area contributed by atoms with Crippen LogP contribution in [0.4, 0.5) is 11.4 Å². The van der Waals surface area contributed by atoms with Crippen LogP contribution in [0, 0.1) is 10.1 Å². The Hall–Kier alpha value is -3.84. The van der Waals surface area contributed by atoms with E-state index < -0.39 is 16.9 Å². The van der Waals surface area contributed by atoms with E-state index in [1.54, 1.807) is 43.3 Å². The van der Waals surface area contributed by atoms with Crippen molar-refractivity contribution in [3.63, 3.8) is 0 Å². The molecule has 0 spiro atoms. The minimum absolute atomic E-state index is 0.0426. The number of aromatic nitrogens is 1. The molecule has 5 rings (SSSR count). The lowest BCUT2D eigenvalue weighted by atomic mass is 9.96. The number of non-ortho nitro benzene ring substituents is 1. The van der Waals surface area contributed by atoms with E-state index in [2.05, 4.69) is 9.89 Å². The molecule has 0 bridgehead atoms. The maximum Gasteiger partial charge on any atom is 0.338 e. The fraction of sp³-hybridized carbons (Fsp3) is 0.321. The third-order valence-electron chi connectivity index (χ3n) is 6.81. The average Bonchev–Trinajstić information content (AvgIpc) is 3.27. The van der Waals surface area contributed by atoms with Crippen LogP contribution in [0.3, 0.4) is 0 Å². The second kappa shape index (κ2) is 12.4. The van der Waals surface area contributed by atoms with Crippen molar-refractivity contribution in [1.82, 2.24) is 4.57 Å². The summed E-state index contributed by atoms with van der Waals surface area (Å²) in [4.78, 5) is 45.4. The molecule has 2 aromatic carbocycles. The summed E-state index contributed by atoms with van der Waals surface area (Å²) in [6, 6.07) is 10.7. The molecule has 0 N–H and O–H groups in total. The van der Waals surface area contributed by atoms with Gasteiger partial charge in [-0.25, -0.2) is 9.79 Å². The number of fused-ring (bicyclic) bond motifs is 1. The van der Waals surface area contributed by atoms with Gasteiger partial charge in [-0.3, -0.25) is 19.5 Å². The Bertz CT molecular complexity index is 1690. The number of nitro groups is 1. The van der Waals surface area contributed by atoms with E-state index in [1.165, 1.54) is 23.8 Å². The molecular formula is C28H27ClN4O7S. The van der Waals surface area contributed by atoms with Gasteiger partial charge in [-0.1, -0.05) is 35.1 Å². The topological polar surface area (TPSA) is 126 Å². The molecule has 11 nitrogen and oxygen atoms in total. The number of morpholine rings is 1. The van der Waals surface area contributed by atoms with Crippen LogP contribution in [0.2, 0.25) is 5.02 Å². The van der Waals surface area contributed by atoms with Crippen LogP contribution in [0.5, 0.6) is 0 Å². The Morgan fingerprint density at radius 2 is 1.95 bits per heavy atom. The van der Waals surface area contributed by atoms with Crippen molar-refractivity contribution < 1.29 is 23.9 Å². The number of methoxy groups -OCH3 is 1. The first-order chi connectivity index (χ1) is 19.8. The standard InChI is InChI=1S/C28H27ClN4O7S/c1-17-24(27(35)40-14-13-38-2)25(18-3-5-20(29)6-4-18)32-26(34)23(41-28(32)30-17)16-19-15-21(33(36)37)7-8-22(19)31-9-11-39-12-10-31/h3-8,15-16,25H,9-14H2,1-2H3. The van der Waals surface area contributed by atoms with E-state index >= 15 is 0 Å². The van der Waals surface area contributed by atoms with Crippen LogP contribution in [0.1, 0.15) is 24.1 Å². The van der Waals surface area contributed by atoms with Crippen molar-refractivity contribution >= 4 is 46.4 Å². The number of nitro benzene ring substituents is 1. The lowest BCUT2D eigenvalue weighted by Gasteiger charge is -2.30. The summed E-state index contributed by atoms with van der Waals surface area (Å²) in [5.41, 5.74) is 2.12. The predicted molar refractivity (Wildman–Crippen MR) is 154 cm³/mol. The van der Waals surface area contributed by atoms with Crippen molar-refractivity contribution in [2.45, 2.75) is 13.0 Å². The lowest BCUT2D eigenvalue weighted by Crippen LogP contribution is -2.40. The van der Waals surface area contributed by atoms with Gasteiger partial charge in [0.25, 0.3) is 11.2 Å². The third kappa shape index (κ3) is 5.96. The van der Waals surface area contributed by atoms with E-state index in [0.29, 0.717) is 57.5 Å². The Labute approximate surface area is 243 Å². The number of nitrogens with zero attached hydrogens (tertiary/aromatic N) is 4. The van der Waals surface area contributed by atoms with Crippen LogP contribution in [-0.4, -0.2) is 62.1 Å². The van der Waals surface area contributed by atoms with Gasteiger partial charge in [0.1, 0.15) is 6.61 Å². The van der Waals surface area contributed by atoms with Crippen LogP contribution in [-0.2, 0) is 19.0 Å². The second-order valence-corrected chi connectivity index (χ2v) is 10.8. The molecule has 3 aromatic rings. The molecule has 0 radical (unpaired) electrons. The second-order valence-electron chi connectivity index (χ2n) is 9.36. The van der Waals surface area contributed by atoms with Gasteiger partial charge in [-0.15, -0.1) is 0 Å². The molecule has 1 saturated heterocycles. The fourth-order valence-electron chi connectivity index (χ4n) is 4.84. The number of carbonyl (C=O) groups excluding carboxylic acids is 1. The highest BCUT2D eigenvalue weighted by atomic mass is 35.5. The van der Waals surface area contributed by atoms with Crippen LogP contribution in [0.25, 0.3) is 6.08 Å². The number of halogens is 1. The summed E-state index contributed by atoms with van der Waals surface area (Å²) in [5, 5.41) is 12.1. The maximum atomic E-state index is 14.0. The largest absolute Gasteiger partial charge is 0.460 e. The number of carbonyl (C=O) groups is 1. The van der Waals surface area contributed by atoms with E-state index in [-0.39, 0.29) is 30.0 Å². The molecule has 2 aliphatic rings. The highest BCUT2D eigenvalue weighted by molar-refractivity contribution is 7.07. The molecule has 1 atom stereocenters. The summed E-state index contributed by atoms with van der Waals surface area (Å²) in [7, 11) is 1.51. The summed E-state index contributed by atoms with van der Waals surface area (Å²) in [5.74, 6) is -0.606. The molecule has 1 unspecified atom stereocenters. The van der Waals surface area contributed by atoms with Crippen LogP contribution < -0.4 is 19.8 Å². The van der Waals surface area contributed by atoms with Gasteiger partial charge in [-0.2, -0.15) is 0 Å². The fourth-order valence-corrected chi connectivity index (χ4v) is 6.01. The van der Waals surface area contributed by atoms with Crippen LogP contribution in [0.15, 0.2) is 63.5 Å².